The Morgan fingerprint density at radius 2 is 2.00 bits per heavy atom. The molecule has 1 aliphatic carbocycles. The number of aryl methyl sites for hydroxylation is 1. The fraction of sp³-hybridized carbons (Fsp3) is 0.286. The largest absolute Gasteiger partial charge is 0.283 e. The maximum atomic E-state index is 10.3. The second-order valence-corrected chi connectivity index (χ2v) is 4.99. The Morgan fingerprint density at radius 1 is 1.28 bits per heavy atom. The van der Waals surface area contributed by atoms with E-state index >= 15 is 0 Å². The van der Waals surface area contributed by atoms with Crippen molar-refractivity contribution in [2.45, 2.75) is 26.7 Å². The Bertz CT molecular complexity index is 493. The highest BCUT2D eigenvalue weighted by molar-refractivity contribution is 9.10. The fourth-order valence-corrected chi connectivity index (χ4v) is 1.90. The Labute approximate surface area is 115 Å². The van der Waals surface area contributed by atoms with Crippen molar-refractivity contribution in [1.29, 1.82) is 0 Å². The van der Waals surface area contributed by atoms with E-state index in [9.17, 15) is 10.1 Å². The number of hydrogen-bond donors (Lipinski definition) is 0. The smallest absolute Gasteiger partial charge is 0.258 e. The van der Waals surface area contributed by atoms with Crippen LogP contribution >= 0.6 is 15.9 Å². The lowest BCUT2D eigenvalue weighted by molar-refractivity contribution is -0.385. The molecule has 0 amide bonds. The van der Waals surface area contributed by atoms with Crippen LogP contribution in [0.2, 0.25) is 0 Å². The quantitative estimate of drug-likeness (QED) is 0.544. The van der Waals surface area contributed by atoms with Crippen LogP contribution in [0.1, 0.15) is 25.3 Å². The summed E-state index contributed by atoms with van der Waals surface area (Å²) in [4.78, 5) is 9.94. The number of nitrogens with zero attached hydrogens (tertiary/aromatic N) is 1. The Morgan fingerprint density at radius 3 is 2.39 bits per heavy atom. The molecule has 0 unspecified atom stereocenters. The first kappa shape index (κ1) is 14.6. The molecule has 0 N–H and O–H groups in total. The number of benzene rings is 1. The standard InChI is InChI=1S/C7H6BrNO2.C7H10/c1-5-2-3-6(8)7(4-5)9(10)11;1-7-5-3-2-4-6-7/h2-4H,1H3;3,5-6H,2,4H2,1H3. The van der Waals surface area contributed by atoms with E-state index in [0.717, 1.165) is 5.56 Å². The Kier molecular flexibility index (Phi) is 5.78. The number of nitro groups is 1. The Balaban J connectivity index is 0.000000199. The molecule has 0 saturated heterocycles. The van der Waals surface area contributed by atoms with Crippen molar-refractivity contribution >= 4 is 21.6 Å². The predicted octanol–water partition coefficient (Wildman–Crippen LogP) is 4.95. The molecule has 4 heteroatoms. The minimum absolute atomic E-state index is 0.116. The van der Waals surface area contributed by atoms with E-state index < -0.39 is 4.92 Å². The van der Waals surface area contributed by atoms with Crippen LogP contribution < -0.4 is 0 Å². The molecule has 0 atom stereocenters. The molecule has 3 nitrogen and oxygen atoms in total. The first-order valence-electron chi connectivity index (χ1n) is 5.74. The summed E-state index contributed by atoms with van der Waals surface area (Å²) in [5, 5.41) is 10.3. The zero-order valence-corrected chi connectivity index (χ0v) is 12.1. The highest BCUT2D eigenvalue weighted by atomic mass is 79.9. The monoisotopic (exact) mass is 309 g/mol. The predicted molar refractivity (Wildman–Crippen MR) is 77.7 cm³/mol. The molecule has 0 fully saturated rings. The minimum atomic E-state index is -0.406. The summed E-state index contributed by atoms with van der Waals surface area (Å²) in [6, 6.07) is 5.02. The van der Waals surface area contributed by atoms with Gasteiger partial charge < -0.3 is 0 Å². The first-order chi connectivity index (χ1) is 8.50. The van der Waals surface area contributed by atoms with Gasteiger partial charge in [0.05, 0.1) is 9.40 Å². The fourth-order valence-electron chi connectivity index (χ4n) is 1.51. The highest BCUT2D eigenvalue weighted by Gasteiger charge is 2.09. The summed E-state index contributed by atoms with van der Waals surface area (Å²) < 4.78 is 0.521. The van der Waals surface area contributed by atoms with Gasteiger partial charge in [-0.25, -0.2) is 0 Å². The van der Waals surface area contributed by atoms with Crippen LogP contribution in [0.25, 0.3) is 0 Å². The van der Waals surface area contributed by atoms with E-state index in [1.165, 1.54) is 24.5 Å². The lowest BCUT2D eigenvalue weighted by Gasteiger charge is -1.96. The lowest BCUT2D eigenvalue weighted by Crippen LogP contribution is -1.89. The van der Waals surface area contributed by atoms with Crippen molar-refractivity contribution in [3.8, 4) is 0 Å². The summed E-state index contributed by atoms with van der Waals surface area (Å²) in [6.07, 6.45) is 9.12. The summed E-state index contributed by atoms with van der Waals surface area (Å²) in [7, 11) is 0. The number of rotatable bonds is 1. The van der Waals surface area contributed by atoms with E-state index in [4.69, 9.17) is 0 Å². The van der Waals surface area contributed by atoms with Crippen LogP contribution in [0.15, 0.2) is 46.5 Å². The van der Waals surface area contributed by atoms with Crippen LogP contribution in [0.3, 0.4) is 0 Å². The second-order valence-electron chi connectivity index (χ2n) is 4.14. The van der Waals surface area contributed by atoms with Crippen molar-refractivity contribution in [3.63, 3.8) is 0 Å². The van der Waals surface area contributed by atoms with E-state index in [2.05, 4.69) is 41.1 Å². The van der Waals surface area contributed by atoms with Crippen molar-refractivity contribution in [2.24, 2.45) is 0 Å². The molecule has 2 rings (SSSR count). The van der Waals surface area contributed by atoms with Gasteiger partial charge in [0, 0.05) is 6.07 Å². The molecule has 0 saturated carbocycles. The van der Waals surface area contributed by atoms with Gasteiger partial charge in [-0.3, -0.25) is 10.1 Å². The molecule has 0 radical (unpaired) electrons. The van der Waals surface area contributed by atoms with Gasteiger partial charge in [-0.15, -0.1) is 0 Å². The summed E-state index contributed by atoms with van der Waals surface area (Å²) in [5.74, 6) is 0. The number of hydrogen-bond acceptors (Lipinski definition) is 2. The van der Waals surface area contributed by atoms with Gasteiger partial charge in [-0.2, -0.15) is 0 Å². The van der Waals surface area contributed by atoms with E-state index in [1.54, 1.807) is 6.07 Å². The summed E-state index contributed by atoms with van der Waals surface area (Å²) in [5.41, 5.74) is 2.41. The Hall–Kier alpha value is -1.42. The zero-order valence-electron chi connectivity index (χ0n) is 10.5. The van der Waals surface area contributed by atoms with Gasteiger partial charge >= 0.3 is 0 Å². The van der Waals surface area contributed by atoms with Crippen LogP contribution in [0, 0.1) is 17.0 Å². The minimum Gasteiger partial charge on any atom is -0.258 e. The van der Waals surface area contributed by atoms with Gasteiger partial charge in [0.2, 0.25) is 0 Å². The molecule has 18 heavy (non-hydrogen) atoms. The van der Waals surface area contributed by atoms with Crippen LogP contribution in [-0.2, 0) is 0 Å². The molecule has 1 aliphatic rings. The van der Waals surface area contributed by atoms with Crippen molar-refractivity contribution in [3.05, 3.63) is 62.2 Å². The third kappa shape index (κ3) is 4.84. The maximum Gasteiger partial charge on any atom is 0.283 e. The van der Waals surface area contributed by atoms with E-state index in [-0.39, 0.29) is 5.69 Å². The number of halogens is 1. The average molecular weight is 310 g/mol. The van der Waals surface area contributed by atoms with Crippen molar-refractivity contribution in [2.75, 3.05) is 0 Å². The van der Waals surface area contributed by atoms with Gasteiger partial charge in [0.15, 0.2) is 0 Å². The summed E-state index contributed by atoms with van der Waals surface area (Å²) in [6.45, 7) is 3.95. The van der Waals surface area contributed by atoms with Gasteiger partial charge in [0.25, 0.3) is 5.69 Å². The topological polar surface area (TPSA) is 43.1 Å². The molecule has 0 heterocycles. The average Bonchev–Trinajstić information content (AvgIpc) is 2.34. The van der Waals surface area contributed by atoms with Crippen molar-refractivity contribution in [1.82, 2.24) is 0 Å². The molecule has 0 bridgehead atoms. The number of nitro benzene ring substituents is 1. The molecule has 1 aromatic rings. The molecular weight excluding hydrogens is 294 g/mol. The third-order valence-electron chi connectivity index (χ3n) is 2.48. The second kappa shape index (κ2) is 7.11. The van der Waals surface area contributed by atoms with Gasteiger partial charge in [0.1, 0.15) is 0 Å². The van der Waals surface area contributed by atoms with Crippen LogP contribution in [0.5, 0.6) is 0 Å². The third-order valence-corrected chi connectivity index (χ3v) is 3.15. The van der Waals surface area contributed by atoms with Gasteiger partial charge in [-0.05, 0) is 54.2 Å². The molecule has 1 aromatic carbocycles. The van der Waals surface area contributed by atoms with E-state index in [0.29, 0.717) is 4.47 Å². The first-order valence-corrected chi connectivity index (χ1v) is 6.54. The lowest BCUT2D eigenvalue weighted by atomic mass is 10.1. The molecular formula is C14H16BrNO2. The van der Waals surface area contributed by atoms with Gasteiger partial charge in [-0.1, -0.05) is 29.9 Å². The number of allylic oxidation sites excluding steroid dienone is 4. The SMILES string of the molecule is CC1=CCCC=C1.Cc1ccc(Br)c([N+](=O)[O-])c1. The molecule has 0 aliphatic heterocycles. The zero-order chi connectivity index (χ0) is 13.5. The summed E-state index contributed by atoms with van der Waals surface area (Å²) >= 11 is 3.09. The normalized spacial score (nSPS) is 13.4. The van der Waals surface area contributed by atoms with Crippen LogP contribution in [-0.4, -0.2) is 4.92 Å². The van der Waals surface area contributed by atoms with Crippen molar-refractivity contribution < 1.29 is 4.92 Å². The molecule has 0 aromatic heterocycles. The van der Waals surface area contributed by atoms with E-state index in [1.807, 2.05) is 13.0 Å². The van der Waals surface area contributed by atoms with Crippen LogP contribution in [0.4, 0.5) is 5.69 Å². The highest BCUT2D eigenvalue weighted by Crippen LogP contribution is 2.24. The molecule has 0 spiro atoms. The molecule has 96 valence electrons. The maximum absolute atomic E-state index is 10.3.